The number of aromatic nitrogens is 1. The summed E-state index contributed by atoms with van der Waals surface area (Å²) in [4.78, 5) is 3.15. The van der Waals surface area contributed by atoms with Crippen molar-refractivity contribution in [1.82, 2.24) is 4.98 Å². The van der Waals surface area contributed by atoms with Crippen LogP contribution in [-0.4, -0.2) is 4.98 Å². The first-order chi connectivity index (χ1) is 7.84. The van der Waals surface area contributed by atoms with Crippen LogP contribution in [0.5, 0.6) is 0 Å². The summed E-state index contributed by atoms with van der Waals surface area (Å²) in [5.74, 6) is 0.707. The normalized spacial score (nSPS) is 10.8. The van der Waals surface area contributed by atoms with E-state index in [0.29, 0.717) is 5.82 Å². The zero-order valence-corrected chi connectivity index (χ0v) is 8.77. The summed E-state index contributed by atoms with van der Waals surface area (Å²) < 4.78 is 0. The van der Waals surface area contributed by atoms with Crippen LogP contribution >= 0.6 is 0 Å². The number of nitrogens with two attached hydrogens (primary N) is 1. The lowest BCUT2D eigenvalue weighted by Crippen LogP contribution is -1.80. The van der Waals surface area contributed by atoms with E-state index in [1.165, 1.54) is 16.5 Å². The topological polar surface area (TPSA) is 41.8 Å². The fourth-order valence-corrected chi connectivity index (χ4v) is 2.05. The summed E-state index contributed by atoms with van der Waals surface area (Å²) in [6.45, 7) is 0. The number of hydrogen-bond acceptors (Lipinski definition) is 1. The molecule has 3 N–H and O–H groups in total. The molecule has 78 valence electrons. The predicted octanol–water partition coefficient (Wildman–Crippen LogP) is 3.42. The number of aromatic amines is 1. The lowest BCUT2D eigenvalue weighted by atomic mass is 10.0. The van der Waals surface area contributed by atoms with Crippen LogP contribution < -0.4 is 5.73 Å². The Labute approximate surface area is 93.7 Å². The standard InChI is InChI=1S/C14H12N2/c15-14-9-12-11(7-4-8-13(12)16-14)10-5-2-1-3-6-10/h1-9,16H,15H2. The van der Waals surface area contributed by atoms with E-state index in [1.807, 2.05) is 36.4 Å². The van der Waals surface area contributed by atoms with Crippen molar-refractivity contribution in [2.75, 3.05) is 5.73 Å². The summed E-state index contributed by atoms with van der Waals surface area (Å²) in [5.41, 5.74) is 9.29. The van der Waals surface area contributed by atoms with Crippen molar-refractivity contribution in [2.24, 2.45) is 0 Å². The fourth-order valence-electron chi connectivity index (χ4n) is 2.05. The van der Waals surface area contributed by atoms with E-state index in [-0.39, 0.29) is 0 Å². The van der Waals surface area contributed by atoms with Crippen molar-refractivity contribution in [1.29, 1.82) is 0 Å². The van der Waals surface area contributed by atoms with Gasteiger partial charge in [0.25, 0.3) is 0 Å². The number of rotatable bonds is 1. The Balaban J connectivity index is 2.31. The minimum absolute atomic E-state index is 0.707. The summed E-state index contributed by atoms with van der Waals surface area (Å²) in [7, 11) is 0. The van der Waals surface area contributed by atoms with Gasteiger partial charge in [0.05, 0.1) is 0 Å². The van der Waals surface area contributed by atoms with Crippen LogP contribution in [-0.2, 0) is 0 Å². The Morgan fingerprint density at radius 2 is 1.69 bits per heavy atom. The molecule has 0 spiro atoms. The Morgan fingerprint density at radius 3 is 2.50 bits per heavy atom. The minimum Gasteiger partial charge on any atom is -0.385 e. The Morgan fingerprint density at radius 1 is 0.875 bits per heavy atom. The number of H-pyrrole nitrogens is 1. The highest BCUT2D eigenvalue weighted by Gasteiger charge is 2.04. The molecule has 16 heavy (non-hydrogen) atoms. The molecule has 0 aliphatic heterocycles. The Bertz CT molecular complexity index is 624. The molecule has 0 bridgehead atoms. The van der Waals surface area contributed by atoms with Crippen LogP contribution in [0.25, 0.3) is 22.0 Å². The second-order valence-electron chi connectivity index (χ2n) is 3.86. The van der Waals surface area contributed by atoms with Gasteiger partial charge in [-0.15, -0.1) is 0 Å². The highest BCUT2D eigenvalue weighted by molar-refractivity contribution is 5.97. The Kier molecular flexibility index (Phi) is 1.93. The van der Waals surface area contributed by atoms with Gasteiger partial charge in [0.1, 0.15) is 5.82 Å². The van der Waals surface area contributed by atoms with Crippen LogP contribution in [0.4, 0.5) is 5.82 Å². The molecule has 0 fully saturated rings. The van der Waals surface area contributed by atoms with Crippen molar-refractivity contribution < 1.29 is 0 Å². The number of hydrogen-bond donors (Lipinski definition) is 2. The highest BCUT2D eigenvalue weighted by atomic mass is 14.8. The van der Waals surface area contributed by atoms with Gasteiger partial charge in [0.2, 0.25) is 0 Å². The smallest absolute Gasteiger partial charge is 0.101 e. The fraction of sp³-hybridized carbons (Fsp3) is 0. The van der Waals surface area contributed by atoms with E-state index in [0.717, 1.165) is 5.52 Å². The maximum absolute atomic E-state index is 5.78. The number of fused-ring (bicyclic) bond motifs is 1. The molecule has 3 rings (SSSR count). The first kappa shape index (κ1) is 9.04. The molecule has 0 saturated heterocycles. The molecule has 0 saturated carbocycles. The molecule has 0 amide bonds. The maximum Gasteiger partial charge on any atom is 0.101 e. The summed E-state index contributed by atoms with van der Waals surface area (Å²) in [6.07, 6.45) is 0. The first-order valence-electron chi connectivity index (χ1n) is 5.27. The van der Waals surface area contributed by atoms with Gasteiger partial charge < -0.3 is 10.7 Å². The molecule has 3 aromatic rings. The summed E-state index contributed by atoms with van der Waals surface area (Å²) >= 11 is 0. The van der Waals surface area contributed by atoms with E-state index in [9.17, 15) is 0 Å². The zero-order chi connectivity index (χ0) is 11.0. The molecule has 1 heterocycles. The largest absolute Gasteiger partial charge is 0.385 e. The average molecular weight is 208 g/mol. The first-order valence-corrected chi connectivity index (χ1v) is 5.27. The van der Waals surface area contributed by atoms with Gasteiger partial charge in [-0.05, 0) is 23.3 Å². The molecule has 0 radical (unpaired) electrons. The quantitative estimate of drug-likeness (QED) is 0.632. The minimum atomic E-state index is 0.707. The average Bonchev–Trinajstić information content (AvgIpc) is 2.70. The highest BCUT2D eigenvalue weighted by Crippen LogP contribution is 2.29. The molecule has 0 aliphatic rings. The van der Waals surface area contributed by atoms with Crippen LogP contribution in [0.2, 0.25) is 0 Å². The molecule has 2 nitrogen and oxygen atoms in total. The van der Waals surface area contributed by atoms with E-state index < -0.39 is 0 Å². The molecule has 0 aliphatic carbocycles. The number of nitrogens with one attached hydrogen (secondary N) is 1. The predicted molar refractivity (Wildman–Crippen MR) is 68.1 cm³/mol. The van der Waals surface area contributed by atoms with Gasteiger partial charge in [-0.25, -0.2) is 0 Å². The van der Waals surface area contributed by atoms with Crippen LogP contribution in [0.15, 0.2) is 54.6 Å². The van der Waals surface area contributed by atoms with Gasteiger partial charge in [-0.3, -0.25) is 0 Å². The van der Waals surface area contributed by atoms with E-state index in [1.54, 1.807) is 0 Å². The van der Waals surface area contributed by atoms with Crippen molar-refractivity contribution in [3.63, 3.8) is 0 Å². The third-order valence-electron chi connectivity index (χ3n) is 2.77. The van der Waals surface area contributed by atoms with Gasteiger partial charge in [0, 0.05) is 10.9 Å². The molecule has 2 heteroatoms. The molecule has 0 unspecified atom stereocenters. The summed E-state index contributed by atoms with van der Waals surface area (Å²) in [5, 5.41) is 1.17. The van der Waals surface area contributed by atoms with Crippen LogP contribution in [0.1, 0.15) is 0 Å². The second-order valence-corrected chi connectivity index (χ2v) is 3.86. The van der Waals surface area contributed by atoms with Crippen molar-refractivity contribution >= 4 is 16.7 Å². The molecule has 2 aromatic carbocycles. The molecular formula is C14H12N2. The maximum atomic E-state index is 5.78. The Hall–Kier alpha value is -2.22. The number of nitrogen functional groups attached to an aromatic ring is 1. The van der Waals surface area contributed by atoms with E-state index in [4.69, 9.17) is 5.73 Å². The van der Waals surface area contributed by atoms with E-state index in [2.05, 4.69) is 23.2 Å². The van der Waals surface area contributed by atoms with Crippen molar-refractivity contribution in [3.05, 3.63) is 54.6 Å². The van der Waals surface area contributed by atoms with Crippen LogP contribution in [0.3, 0.4) is 0 Å². The van der Waals surface area contributed by atoms with Gasteiger partial charge in [-0.2, -0.15) is 0 Å². The molecule has 1 aromatic heterocycles. The molecular weight excluding hydrogens is 196 g/mol. The van der Waals surface area contributed by atoms with Crippen molar-refractivity contribution in [2.45, 2.75) is 0 Å². The molecule has 0 atom stereocenters. The number of anilines is 1. The monoisotopic (exact) mass is 208 g/mol. The summed E-state index contributed by atoms with van der Waals surface area (Å²) in [6, 6.07) is 18.5. The van der Waals surface area contributed by atoms with Gasteiger partial charge in [-0.1, -0.05) is 42.5 Å². The SMILES string of the molecule is Nc1cc2c(-c3ccccc3)cccc2[nH]1. The second kappa shape index (κ2) is 3.42. The third kappa shape index (κ3) is 1.36. The van der Waals surface area contributed by atoms with Gasteiger partial charge >= 0.3 is 0 Å². The van der Waals surface area contributed by atoms with Gasteiger partial charge in [0.15, 0.2) is 0 Å². The lowest BCUT2D eigenvalue weighted by Gasteiger charge is -2.02. The van der Waals surface area contributed by atoms with Crippen molar-refractivity contribution in [3.8, 4) is 11.1 Å². The van der Waals surface area contributed by atoms with E-state index >= 15 is 0 Å². The zero-order valence-electron chi connectivity index (χ0n) is 8.77. The lowest BCUT2D eigenvalue weighted by molar-refractivity contribution is 1.47. The van der Waals surface area contributed by atoms with Crippen LogP contribution in [0, 0.1) is 0 Å². The third-order valence-corrected chi connectivity index (χ3v) is 2.77. The number of benzene rings is 2.